The molecule has 238 valence electrons. The van der Waals surface area contributed by atoms with Crippen LogP contribution in [0.5, 0.6) is 0 Å². The molecular weight excluding hydrogens is 634 g/mol. The fourth-order valence-electron chi connectivity index (χ4n) is 5.02. The van der Waals surface area contributed by atoms with E-state index in [1.165, 1.54) is 12.7 Å². The van der Waals surface area contributed by atoms with Crippen LogP contribution in [0.25, 0.3) is 22.3 Å². The number of imidazole rings is 2. The highest BCUT2D eigenvalue weighted by Crippen LogP contribution is 2.50. The fraction of sp³-hybridized carbons (Fsp3) is 0.500. The van der Waals surface area contributed by atoms with Crippen molar-refractivity contribution in [1.29, 1.82) is 0 Å². The SMILES string of the molecule is Nc1ncnc2c1ncn2[C@H]1CC[C@@H](COP(=O)(O)O[C@H]2C(O)[C@H](n3c(=O)[nH]c4c(N)ncnc43)O[C@@H]2COP(=O)(O)O)O1. The van der Waals surface area contributed by atoms with Gasteiger partial charge in [-0.3, -0.25) is 18.1 Å². The van der Waals surface area contributed by atoms with Crippen molar-refractivity contribution in [2.24, 2.45) is 0 Å². The number of aromatic nitrogens is 8. The number of phosphoric ester groups is 2. The maximum Gasteiger partial charge on any atom is 0.472 e. The van der Waals surface area contributed by atoms with Gasteiger partial charge in [0.2, 0.25) is 0 Å². The lowest BCUT2D eigenvalue weighted by atomic mass is 10.1. The number of aliphatic hydroxyl groups excluding tert-OH is 1. The maximum atomic E-state index is 13.0. The Bertz CT molecular complexity index is 1840. The number of rotatable bonds is 10. The summed E-state index contributed by atoms with van der Waals surface area (Å²) in [5.74, 6) is 0.109. The number of fused-ring (bicyclic) bond motifs is 2. The van der Waals surface area contributed by atoms with E-state index < -0.39 is 71.4 Å². The zero-order valence-electron chi connectivity index (χ0n) is 22.3. The second-order valence-electron chi connectivity index (χ2n) is 9.81. The van der Waals surface area contributed by atoms with Crippen molar-refractivity contribution in [1.82, 2.24) is 39.0 Å². The van der Waals surface area contributed by atoms with Gasteiger partial charge >= 0.3 is 21.3 Å². The van der Waals surface area contributed by atoms with Crippen molar-refractivity contribution in [3.8, 4) is 0 Å². The second kappa shape index (κ2) is 11.5. The molecule has 0 aromatic carbocycles. The van der Waals surface area contributed by atoms with Crippen LogP contribution in [0.4, 0.5) is 11.6 Å². The Kier molecular flexibility index (Phi) is 8.01. The highest BCUT2D eigenvalue weighted by atomic mass is 31.2. The predicted octanol–water partition coefficient (Wildman–Crippen LogP) is -1.33. The van der Waals surface area contributed by atoms with Crippen molar-refractivity contribution >= 4 is 49.6 Å². The monoisotopic (exact) mass is 660 g/mol. The summed E-state index contributed by atoms with van der Waals surface area (Å²) in [6.07, 6.45) is -3.33. The molecule has 7 atom stereocenters. The molecule has 24 heteroatoms. The van der Waals surface area contributed by atoms with E-state index in [0.29, 0.717) is 24.0 Å². The third kappa shape index (κ3) is 5.97. The number of hydrogen-bond donors (Lipinski definition) is 7. The minimum atomic E-state index is -5.05. The molecule has 22 nitrogen and oxygen atoms in total. The van der Waals surface area contributed by atoms with Crippen molar-refractivity contribution < 1.29 is 52.0 Å². The highest BCUT2D eigenvalue weighted by Gasteiger charge is 2.50. The van der Waals surface area contributed by atoms with Gasteiger partial charge in [-0.1, -0.05) is 0 Å². The van der Waals surface area contributed by atoms with Crippen molar-refractivity contribution in [3.63, 3.8) is 0 Å². The van der Waals surface area contributed by atoms with Crippen molar-refractivity contribution in [2.75, 3.05) is 24.7 Å². The lowest BCUT2D eigenvalue weighted by Gasteiger charge is -2.24. The molecule has 2 aliphatic heterocycles. The normalized spacial score (nSPS) is 27.4. The first-order valence-corrected chi connectivity index (χ1v) is 15.8. The first-order chi connectivity index (χ1) is 20.8. The minimum absolute atomic E-state index is 0.0197. The number of ether oxygens (including phenoxy) is 2. The molecular formula is C20H26N10O12P2. The number of H-pyrrole nitrogens is 1. The average Bonchev–Trinajstić information content (AvgIpc) is 3.72. The standard InChI is InChI=1S/C20H26N10O12P2/c21-15-11-17(25-5-23-15)29(7-27-11)10-2-1-8(40-10)3-39-44(36,37)42-14-9(4-38-43(33,34)35)41-19(13(14)31)30-18-12(28-20(30)32)16(22)24-6-26-18/h5-10,13-14,19,31H,1-4H2,(H,28,32)(H,36,37)(H2,21,23,25)(H2,22,24,26)(H2,33,34,35)/t8-,9+,10+,13?,14+,19+/m0/s1. The van der Waals surface area contributed by atoms with Gasteiger partial charge in [0.25, 0.3) is 0 Å². The molecule has 0 spiro atoms. The summed E-state index contributed by atoms with van der Waals surface area (Å²) in [4.78, 5) is 64.0. The van der Waals surface area contributed by atoms with Gasteiger partial charge in [-0.25, -0.2) is 43.4 Å². The second-order valence-corrected chi connectivity index (χ2v) is 12.5. The van der Waals surface area contributed by atoms with Crippen LogP contribution in [0.2, 0.25) is 0 Å². The number of anilines is 2. The van der Waals surface area contributed by atoms with Crippen LogP contribution >= 0.6 is 15.6 Å². The van der Waals surface area contributed by atoms with Crippen molar-refractivity contribution in [3.05, 3.63) is 29.5 Å². The van der Waals surface area contributed by atoms with Crippen LogP contribution in [0.1, 0.15) is 25.3 Å². The summed E-state index contributed by atoms with van der Waals surface area (Å²) in [5, 5.41) is 11.1. The number of nitrogen functional groups attached to an aromatic ring is 2. The summed E-state index contributed by atoms with van der Waals surface area (Å²) in [7, 11) is -10.0. The Morgan fingerprint density at radius 3 is 2.45 bits per heavy atom. The smallest absolute Gasteiger partial charge is 0.386 e. The van der Waals surface area contributed by atoms with Crippen LogP contribution in [-0.4, -0.2) is 96.5 Å². The molecule has 0 aliphatic carbocycles. The van der Waals surface area contributed by atoms with Gasteiger partial charge in [0.15, 0.2) is 29.2 Å². The minimum Gasteiger partial charge on any atom is -0.386 e. The van der Waals surface area contributed by atoms with Gasteiger partial charge < -0.3 is 45.7 Å². The third-order valence-electron chi connectivity index (χ3n) is 6.97. The quantitative estimate of drug-likeness (QED) is 0.0969. The van der Waals surface area contributed by atoms with Crippen LogP contribution < -0.4 is 17.2 Å². The summed E-state index contributed by atoms with van der Waals surface area (Å²) in [6.45, 7) is -1.32. The molecule has 2 fully saturated rings. The van der Waals surface area contributed by atoms with E-state index in [2.05, 4.69) is 34.4 Å². The zero-order valence-corrected chi connectivity index (χ0v) is 24.0. The molecule has 6 heterocycles. The maximum absolute atomic E-state index is 13.0. The highest BCUT2D eigenvalue weighted by molar-refractivity contribution is 7.47. The van der Waals surface area contributed by atoms with E-state index in [9.17, 15) is 33.7 Å². The van der Waals surface area contributed by atoms with E-state index in [0.717, 1.165) is 10.9 Å². The van der Waals surface area contributed by atoms with Gasteiger partial charge in [-0.15, -0.1) is 0 Å². The van der Waals surface area contributed by atoms with Crippen LogP contribution in [0.3, 0.4) is 0 Å². The number of nitrogens with one attached hydrogen (secondary N) is 1. The largest absolute Gasteiger partial charge is 0.472 e. The van der Waals surface area contributed by atoms with Crippen LogP contribution in [0.15, 0.2) is 23.8 Å². The Morgan fingerprint density at radius 2 is 1.70 bits per heavy atom. The Morgan fingerprint density at radius 1 is 0.977 bits per heavy atom. The van der Waals surface area contributed by atoms with Gasteiger partial charge in [0.05, 0.1) is 25.6 Å². The number of nitrogens with two attached hydrogens (primary N) is 2. The van der Waals surface area contributed by atoms with E-state index >= 15 is 0 Å². The molecule has 2 unspecified atom stereocenters. The number of hydrogen-bond acceptors (Lipinski definition) is 16. The van der Waals surface area contributed by atoms with Gasteiger partial charge in [-0.2, -0.15) is 0 Å². The summed E-state index contributed by atoms with van der Waals surface area (Å²) >= 11 is 0. The number of aromatic amines is 1. The Balaban J connectivity index is 1.16. The molecule has 0 radical (unpaired) electrons. The predicted molar refractivity (Wildman–Crippen MR) is 144 cm³/mol. The van der Waals surface area contributed by atoms with E-state index in [4.69, 9.17) is 30.0 Å². The van der Waals surface area contributed by atoms with E-state index in [1.807, 2.05) is 0 Å². The first kappa shape index (κ1) is 30.6. The molecule has 0 amide bonds. The first-order valence-electron chi connectivity index (χ1n) is 12.8. The number of phosphoric acid groups is 2. The van der Waals surface area contributed by atoms with Crippen LogP contribution in [-0.2, 0) is 32.2 Å². The van der Waals surface area contributed by atoms with E-state index in [-0.39, 0.29) is 22.8 Å². The Labute approximate surface area is 244 Å². The molecule has 44 heavy (non-hydrogen) atoms. The molecule has 9 N–H and O–H groups in total. The summed E-state index contributed by atoms with van der Waals surface area (Å²) in [6, 6.07) is 0. The Hall–Kier alpha value is -3.40. The molecule has 4 aromatic heterocycles. The molecule has 4 aromatic rings. The molecule has 0 bridgehead atoms. The third-order valence-corrected chi connectivity index (χ3v) is 8.44. The van der Waals surface area contributed by atoms with Gasteiger partial charge in [0.1, 0.15) is 48.2 Å². The molecule has 2 aliphatic rings. The number of nitrogens with zero attached hydrogens (tertiary/aromatic N) is 7. The van der Waals surface area contributed by atoms with E-state index in [1.54, 1.807) is 4.57 Å². The van der Waals surface area contributed by atoms with Gasteiger partial charge in [-0.05, 0) is 12.8 Å². The summed E-state index contributed by atoms with van der Waals surface area (Å²) < 4.78 is 53.3. The van der Waals surface area contributed by atoms with Crippen LogP contribution in [0, 0.1) is 0 Å². The van der Waals surface area contributed by atoms with Crippen molar-refractivity contribution in [2.45, 2.75) is 49.7 Å². The van der Waals surface area contributed by atoms with Gasteiger partial charge in [0, 0.05) is 0 Å². The fourth-order valence-corrected chi connectivity index (χ4v) is 6.34. The lowest BCUT2D eigenvalue weighted by Crippen LogP contribution is -2.37. The number of aliphatic hydroxyl groups is 1. The summed E-state index contributed by atoms with van der Waals surface area (Å²) in [5.41, 5.74) is 11.5. The topological polar surface area (TPSA) is 320 Å². The zero-order chi connectivity index (χ0) is 31.4. The lowest BCUT2D eigenvalue weighted by molar-refractivity contribution is -0.0526. The molecule has 0 saturated carbocycles. The molecule has 6 rings (SSSR count). The molecule has 2 saturated heterocycles. The average molecular weight is 660 g/mol.